The van der Waals surface area contributed by atoms with Crippen LogP contribution in [0.15, 0.2) is 40.9 Å². The van der Waals surface area contributed by atoms with E-state index >= 15 is 0 Å². The third-order valence-corrected chi connectivity index (χ3v) is 4.38. The summed E-state index contributed by atoms with van der Waals surface area (Å²) in [5, 5.41) is 10.5. The zero-order valence-electron chi connectivity index (χ0n) is 12.0. The summed E-state index contributed by atoms with van der Waals surface area (Å²) in [6.07, 6.45) is 0.00509. The molecule has 0 saturated carbocycles. The van der Waals surface area contributed by atoms with Gasteiger partial charge in [0.25, 0.3) is 0 Å². The van der Waals surface area contributed by atoms with Crippen molar-refractivity contribution in [2.45, 2.75) is 26.4 Å². The molecule has 2 nitrogen and oxygen atoms in total. The molecule has 0 aliphatic heterocycles. The van der Waals surface area contributed by atoms with Crippen LogP contribution < -0.4 is 4.74 Å². The molecule has 0 bridgehead atoms. The molecule has 0 spiro atoms. The number of methoxy groups -OCH3 is 1. The molecular weight excluding hydrogens is 316 g/mol. The Kier molecular flexibility index (Phi) is 4.84. The van der Waals surface area contributed by atoms with Gasteiger partial charge >= 0.3 is 0 Å². The van der Waals surface area contributed by atoms with Gasteiger partial charge in [0.2, 0.25) is 0 Å². The highest BCUT2D eigenvalue weighted by Gasteiger charge is 2.15. The average molecular weight is 335 g/mol. The Morgan fingerprint density at radius 3 is 2.65 bits per heavy atom. The summed E-state index contributed by atoms with van der Waals surface area (Å²) < 4.78 is 6.39. The van der Waals surface area contributed by atoms with Crippen molar-refractivity contribution in [2.24, 2.45) is 0 Å². The lowest BCUT2D eigenvalue weighted by Crippen LogP contribution is -2.05. The van der Waals surface area contributed by atoms with E-state index in [1.54, 1.807) is 7.11 Å². The number of benzene rings is 2. The predicted octanol–water partition coefficient (Wildman–Crippen LogP) is 4.35. The third kappa shape index (κ3) is 3.22. The summed E-state index contributed by atoms with van der Waals surface area (Å²) in [6.45, 7) is 4.05. The van der Waals surface area contributed by atoms with Gasteiger partial charge in [-0.15, -0.1) is 0 Å². The highest BCUT2D eigenvalue weighted by atomic mass is 79.9. The Hall–Kier alpha value is -1.32. The maximum atomic E-state index is 10.5. The minimum absolute atomic E-state index is 0.539. The van der Waals surface area contributed by atoms with E-state index in [0.717, 1.165) is 26.9 Å². The van der Waals surface area contributed by atoms with Crippen LogP contribution >= 0.6 is 15.9 Å². The molecule has 0 saturated heterocycles. The maximum absolute atomic E-state index is 10.5. The van der Waals surface area contributed by atoms with Gasteiger partial charge in [-0.1, -0.05) is 45.8 Å². The third-order valence-electron chi connectivity index (χ3n) is 3.52. The van der Waals surface area contributed by atoms with Crippen LogP contribution in [0.25, 0.3) is 0 Å². The largest absolute Gasteiger partial charge is 0.496 e. The molecule has 2 rings (SSSR count). The van der Waals surface area contributed by atoms with E-state index in [0.29, 0.717) is 6.42 Å². The molecule has 0 aliphatic carbocycles. The van der Waals surface area contributed by atoms with Crippen LogP contribution in [0.1, 0.15) is 28.4 Å². The number of ether oxygens (including phenoxy) is 1. The Balaban J connectivity index is 2.30. The predicted molar refractivity (Wildman–Crippen MR) is 85.3 cm³/mol. The molecule has 0 fully saturated rings. The summed E-state index contributed by atoms with van der Waals surface area (Å²) in [6, 6.07) is 11.9. The summed E-state index contributed by atoms with van der Waals surface area (Å²) in [5.74, 6) is 0.822. The minimum Gasteiger partial charge on any atom is -0.496 e. The zero-order valence-corrected chi connectivity index (χ0v) is 13.6. The lowest BCUT2D eigenvalue weighted by atomic mass is 9.96. The normalized spacial score (nSPS) is 12.2. The second-order valence-electron chi connectivity index (χ2n) is 4.99. The fourth-order valence-electron chi connectivity index (χ4n) is 2.37. The van der Waals surface area contributed by atoms with Gasteiger partial charge in [0.15, 0.2) is 0 Å². The summed E-state index contributed by atoms with van der Waals surface area (Å²) in [4.78, 5) is 0. The first kappa shape index (κ1) is 15.1. The van der Waals surface area contributed by atoms with Gasteiger partial charge in [0.05, 0.1) is 13.2 Å². The fourth-order valence-corrected chi connectivity index (χ4v) is 2.75. The molecule has 1 unspecified atom stereocenters. The van der Waals surface area contributed by atoms with Crippen molar-refractivity contribution < 1.29 is 9.84 Å². The quantitative estimate of drug-likeness (QED) is 0.900. The van der Waals surface area contributed by atoms with Gasteiger partial charge in [0.1, 0.15) is 5.75 Å². The molecule has 2 aromatic rings. The van der Waals surface area contributed by atoms with E-state index in [-0.39, 0.29) is 0 Å². The van der Waals surface area contributed by atoms with E-state index in [9.17, 15) is 5.11 Å². The smallest absolute Gasteiger partial charge is 0.122 e. The van der Waals surface area contributed by atoms with Crippen molar-refractivity contribution >= 4 is 15.9 Å². The number of aliphatic hydroxyl groups is 1. The first-order valence-corrected chi connectivity index (χ1v) is 7.39. The molecule has 0 heterocycles. The second kappa shape index (κ2) is 6.42. The zero-order chi connectivity index (χ0) is 14.7. The van der Waals surface area contributed by atoms with Gasteiger partial charge in [-0.05, 0) is 42.7 Å². The van der Waals surface area contributed by atoms with Crippen molar-refractivity contribution in [2.75, 3.05) is 7.11 Å². The van der Waals surface area contributed by atoms with Crippen molar-refractivity contribution in [3.63, 3.8) is 0 Å². The summed E-state index contributed by atoms with van der Waals surface area (Å²) >= 11 is 3.50. The molecule has 3 heteroatoms. The number of hydrogen-bond acceptors (Lipinski definition) is 2. The van der Waals surface area contributed by atoms with Crippen LogP contribution in [-0.2, 0) is 6.42 Å². The molecule has 20 heavy (non-hydrogen) atoms. The van der Waals surface area contributed by atoms with E-state index in [2.05, 4.69) is 22.0 Å². The Labute approximate surface area is 128 Å². The first-order chi connectivity index (χ1) is 9.52. The monoisotopic (exact) mass is 334 g/mol. The van der Waals surface area contributed by atoms with Crippen LogP contribution in [0, 0.1) is 13.8 Å². The van der Waals surface area contributed by atoms with E-state index < -0.39 is 6.10 Å². The molecule has 106 valence electrons. The van der Waals surface area contributed by atoms with Gasteiger partial charge in [-0.25, -0.2) is 0 Å². The van der Waals surface area contributed by atoms with Crippen molar-refractivity contribution in [3.8, 4) is 5.75 Å². The molecule has 0 radical (unpaired) electrons. The average Bonchev–Trinajstić information content (AvgIpc) is 2.42. The molecule has 0 aliphatic rings. The first-order valence-electron chi connectivity index (χ1n) is 6.59. The van der Waals surface area contributed by atoms with Crippen LogP contribution in [0.2, 0.25) is 0 Å². The van der Waals surface area contributed by atoms with Gasteiger partial charge in [-0.2, -0.15) is 0 Å². The Morgan fingerprint density at radius 1 is 1.20 bits per heavy atom. The Morgan fingerprint density at radius 2 is 1.95 bits per heavy atom. The SMILES string of the molecule is COc1ccc(C)cc1CC(O)c1cccc(Br)c1C. The second-order valence-corrected chi connectivity index (χ2v) is 5.84. The number of hydrogen-bond donors (Lipinski definition) is 1. The topological polar surface area (TPSA) is 29.5 Å². The molecule has 0 aromatic heterocycles. The molecular formula is C17H19BrO2. The van der Waals surface area contributed by atoms with Crippen LogP contribution in [0.3, 0.4) is 0 Å². The molecule has 1 N–H and O–H groups in total. The number of aryl methyl sites for hydroxylation is 1. The molecule has 0 amide bonds. The highest BCUT2D eigenvalue weighted by Crippen LogP contribution is 2.29. The lowest BCUT2D eigenvalue weighted by molar-refractivity contribution is 0.176. The van der Waals surface area contributed by atoms with Gasteiger partial charge in [0, 0.05) is 10.9 Å². The minimum atomic E-state index is -0.539. The standard InChI is InChI=1S/C17H19BrO2/c1-11-7-8-17(20-3)13(9-11)10-16(19)14-5-4-6-15(18)12(14)2/h4-9,16,19H,10H2,1-3H3. The number of rotatable bonds is 4. The lowest BCUT2D eigenvalue weighted by Gasteiger charge is -2.17. The van der Waals surface area contributed by atoms with Crippen molar-refractivity contribution in [1.29, 1.82) is 0 Å². The van der Waals surface area contributed by atoms with Crippen LogP contribution in [0.4, 0.5) is 0 Å². The van der Waals surface area contributed by atoms with E-state index in [1.807, 2.05) is 44.2 Å². The van der Waals surface area contributed by atoms with Crippen LogP contribution in [-0.4, -0.2) is 12.2 Å². The van der Waals surface area contributed by atoms with Crippen molar-refractivity contribution in [3.05, 3.63) is 63.1 Å². The summed E-state index contributed by atoms with van der Waals surface area (Å²) in [5.41, 5.74) is 4.22. The summed E-state index contributed by atoms with van der Waals surface area (Å²) in [7, 11) is 1.66. The highest BCUT2D eigenvalue weighted by molar-refractivity contribution is 9.10. The maximum Gasteiger partial charge on any atom is 0.122 e. The van der Waals surface area contributed by atoms with Crippen molar-refractivity contribution in [1.82, 2.24) is 0 Å². The Bertz CT molecular complexity index is 608. The van der Waals surface area contributed by atoms with Crippen LogP contribution in [0.5, 0.6) is 5.75 Å². The number of halogens is 1. The molecule has 2 aromatic carbocycles. The van der Waals surface area contributed by atoms with E-state index in [1.165, 1.54) is 5.56 Å². The number of aliphatic hydroxyl groups excluding tert-OH is 1. The fraction of sp³-hybridized carbons (Fsp3) is 0.294. The van der Waals surface area contributed by atoms with Gasteiger partial charge < -0.3 is 9.84 Å². The van der Waals surface area contributed by atoms with Gasteiger partial charge in [-0.3, -0.25) is 0 Å². The van der Waals surface area contributed by atoms with E-state index in [4.69, 9.17) is 4.74 Å². The molecule has 1 atom stereocenters.